The fourth-order valence-electron chi connectivity index (χ4n) is 2.17. The summed E-state index contributed by atoms with van der Waals surface area (Å²) in [7, 11) is 3.68. The zero-order valence-electron chi connectivity index (χ0n) is 12.7. The van der Waals surface area contributed by atoms with Gasteiger partial charge in [0.25, 0.3) is 0 Å². The first kappa shape index (κ1) is 16.7. The Morgan fingerprint density at radius 3 is 2.59 bits per heavy atom. The predicted octanol–water partition coefficient (Wildman–Crippen LogP) is 2.20. The first-order valence-corrected chi connectivity index (χ1v) is 7.23. The van der Waals surface area contributed by atoms with Crippen molar-refractivity contribution < 1.29 is 18.0 Å². The van der Waals surface area contributed by atoms with E-state index >= 15 is 0 Å². The van der Waals surface area contributed by atoms with E-state index in [-0.39, 0.29) is 18.0 Å². The number of carbonyl (C=O) groups excluding carboxylic acids is 1. The van der Waals surface area contributed by atoms with E-state index in [9.17, 15) is 18.0 Å². The van der Waals surface area contributed by atoms with Crippen LogP contribution in [-0.2, 0) is 17.4 Å². The summed E-state index contributed by atoms with van der Waals surface area (Å²) in [5, 5.41) is 0. The zero-order chi connectivity index (χ0) is 16.3. The highest BCUT2D eigenvalue weighted by Crippen LogP contribution is 2.29. The quantitative estimate of drug-likeness (QED) is 0.807. The summed E-state index contributed by atoms with van der Waals surface area (Å²) in [4.78, 5) is 19.7. The van der Waals surface area contributed by atoms with E-state index < -0.39 is 11.7 Å². The second-order valence-electron chi connectivity index (χ2n) is 5.74. The molecule has 0 spiro atoms. The van der Waals surface area contributed by atoms with E-state index in [0.29, 0.717) is 12.6 Å². The molecular weight excluding hydrogens is 295 g/mol. The van der Waals surface area contributed by atoms with Gasteiger partial charge in [0.1, 0.15) is 0 Å². The Morgan fingerprint density at radius 2 is 2.00 bits per heavy atom. The Morgan fingerprint density at radius 1 is 1.32 bits per heavy atom. The molecule has 1 amide bonds. The third-order valence-corrected chi connectivity index (χ3v) is 3.86. The van der Waals surface area contributed by atoms with Gasteiger partial charge in [-0.15, -0.1) is 0 Å². The van der Waals surface area contributed by atoms with Crippen molar-refractivity contribution in [2.45, 2.75) is 31.5 Å². The number of aromatic nitrogens is 1. The second-order valence-corrected chi connectivity index (χ2v) is 5.74. The van der Waals surface area contributed by atoms with Crippen LogP contribution in [0.25, 0.3) is 0 Å². The molecule has 7 heteroatoms. The topological polar surface area (TPSA) is 36.4 Å². The Kier molecular flexibility index (Phi) is 5.05. The highest BCUT2D eigenvalue weighted by Gasteiger charge is 2.31. The van der Waals surface area contributed by atoms with Gasteiger partial charge in [-0.25, -0.2) is 0 Å². The Bertz CT molecular complexity index is 529. The molecule has 1 saturated carbocycles. The van der Waals surface area contributed by atoms with E-state index in [1.165, 1.54) is 12.8 Å². The maximum Gasteiger partial charge on any atom is 0.416 e. The lowest BCUT2D eigenvalue weighted by molar-refractivity contribution is -0.138. The maximum absolute atomic E-state index is 12.6. The predicted molar refractivity (Wildman–Crippen MR) is 76.2 cm³/mol. The summed E-state index contributed by atoms with van der Waals surface area (Å²) in [6.07, 6.45) is -1.05. The molecule has 0 unspecified atom stereocenters. The maximum atomic E-state index is 12.6. The number of carbonyl (C=O) groups is 1. The largest absolute Gasteiger partial charge is 0.416 e. The van der Waals surface area contributed by atoms with Crippen molar-refractivity contribution in [1.29, 1.82) is 0 Å². The number of pyridine rings is 1. The van der Waals surface area contributed by atoms with Crippen molar-refractivity contribution in [3.63, 3.8) is 0 Å². The number of hydrogen-bond donors (Lipinski definition) is 0. The number of halogens is 3. The summed E-state index contributed by atoms with van der Waals surface area (Å²) in [6.45, 7) is 1.33. The van der Waals surface area contributed by atoms with Crippen molar-refractivity contribution in [2.75, 3.05) is 27.2 Å². The minimum Gasteiger partial charge on any atom is -0.344 e. The van der Waals surface area contributed by atoms with Crippen molar-refractivity contribution in [3.8, 4) is 0 Å². The van der Waals surface area contributed by atoms with Crippen molar-refractivity contribution in [1.82, 2.24) is 14.8 Å². The van der Waals surface area contributed by atoms with E-state index in [1.54, 1.807) is 11.9 Å². The average Bonchev–Trinajstić information content (AvgIpc) is 3.28. The van der Waals surface area contributed by atoms with Gasteiger partial charge in [0.2, 0.25) is 5.91 Å². The Balaban J connectivity index is 1.87. The molecule has 0 saturated heterocycles. The van der Waals surface area contributed by atoms with Crippen LogP contribution in [0.3, 0.4) is 0 Å². The van der Waals surface area contributed by atoms with Crippen molar-refractivity contribution >= 4 is 5.91 Å². The molecule has 2 rings (SSSR count). The molecule has 1 aromatic rings. The van der Waals surface area contributed by atoms with Crippen LogP contribution in [0, 0.1) is 0 Å². The second kappa shape index (κ2) is 6.64. The zero-order valence-corrected chi connectivity index (χ0v) is 12.7. The lowest BCUT2D eigenvalue weighted by Crippen LogP contribution is -2.36. The fraction of sp³-hybridized carbons (Fsp3) is 0.600. The summed E-state index contributed by atoms with van der Waals surface area (Å²) >= 11 is 0. The van der Waals surface area contributed by atoms with E-state index in [2.05, 4.69) is 9.88 Å². The van der Waals surface area contributed by atoms with Crippen LogP contribution in [0.15, 0.2) is 18.3 Å². The van der Waals surface area contributed by atoms with Crippen LogP contribution < -0.4 is 0 Å². The molecule has 0 aromatic carbocycles. The fourth-order valence-corrected chi connectivity index (χ4v) is 2.17. The number of amides is 1. The highest BCUT2D eigenvalue weighted by molar-refractivity contribution is 5.78. The van der Waals surface area contributed by atoms with Gasteiger partial charge in [0, 0.05) is 32.4 Å². The van der Waals surface area contributed by atoms with E-state index in [1.807, 2.05) is 7.05 Å². The summed E-state index contributed by atoms with van der Waals surface area (Å²) in [5.41, 5.74) is -0.636. The SMILES string of the molecule is CN(CCN(C)C1CC1)C(=O)Cc1cc(C(F)(F)F)ccn1. The number of nitrogens with zero attached hydrogens (tertiary/aromatic N) is 3. The number of rotatable bonds is 6. The third-order valence-electron chi connectivity index (χ3n) is 3.86. The standard InChI is InChI=1S/C15H20F3N3O/c1-20(13-3-4-13)7-8-21(2)14(22)10-12-9-11(5-6-19-12)15(16,17)18/h5-6,9,13H,3-4,7-8,10H2,1-2H3. The highest BCUT2D eigenvalue weighted by atomic mass is 19.4. The number of alkyl halides is 3. The molecule has 1 aromatic heterocycles. The molecule has 1 heterocycles. The van der Waals surface area contributed by atoms with E-state index in [0.717, 1.165) is 24.9 Å². The van der Waals surface area contributed by atoms with Gasteiger partial charge in [0.05, 0.1) is 17.7 Å². The minimum absolute atomic E-state index is 0.117. The summed E-state index contributed by atoms with van der Waals surface area (Å²) < 4.78 is 37.9. The Labute approximate surface area is 127 Å². The third kappa shape index (κ3) is 4.69. The molecule has 0 radical (unpaired) electrons. The molecule has 4 nitrogen and oxygen atoms in total. The normalized spacial score (nSPS) is 15.2. The summed E-state index contributed by atoms with van der Waals surface area (Å²) in [5.74, 6) is -0.226. The molecule has 0 aliphatic heterocycles. The van der Waals surface area contributed by atoms with Gasteiger partial charge < -0.3 is 9.80 Å². The van der Waals surface area contributed by atoms with Gasteiger partial charge in [-0.3, -0.25) is 9.78 Å². The molecule has 22 heavy (non-hydrogen) atoms. The lowest BCUT2D eigenvalue weighted by Gasteiger charge is -2.22. The number of likely N-dealkylation sites (N-methyl/N-ethyl adjacent to an activating group) is 2. The molecule has 1 fully saturated rings. The smallest absolute Gasteiger partial charge is 0.344 e. The lowest BCUT2D eigenvalue weighted by atomic mass is 10.2. The van der Waals surface area contributed by atoms with Crippen LogP contribution >= 0.6 is 0 Å². The molecule has 122 valence electrons. The van der Waals surface area contributed by atoms with Crippen molar-refractivity contribution in [2.24, 2.45) is 0 Å². The van der Waals surface area contributed by atoms with E-state index in [4.69, 9.17) is 0 Å². The van der Waals surface area contributed by atoms with Gasteiger partial charge in [-0.1, -0.05) is 0 Å². The van der Waals surface area contributed by atoms with Crippen LogP contribution in [0.1, 0.15) is 24.1 Å². The first-order chi connectivity index (χ1) is 10.3. The van der Waals surface area contributed by atoms with Crippen LogP contribution in [0.2, 0.25) is 0 Å². The monoisotopic (exact) mass is 315 g/mol. The van der Waals surface area contributed by atoms with Gasteiger partial charge in [0.15, 0.2) is 0 Å². The molecule has 1 aliphatic carbocycles. The number of hydrogen-bond acceptors (Lipinski definition) is 3. The first-order valence-electron chi connectivity index (χ1n) is 7.23. The summed E-state index contributed by atoms with van der Waals surface area (Å²) in [6, 6.07) is 2.46. The molecule has 0 N–H and O–H groups in total. The average molecular weight is 315 g/mol. The Hall–Kier alpha value is -1.63. The molecular formula is C15H20F3N3O. The van der Waals surface area contributed by atoms with Gasteiger partial charge in [-0.05, 0) is 32.0 Å². The van der Waals surface area contributed by atoms with Crippen LogP contribution in [0.4, 0.5) is 13.2 Å². The van der Waals surface area contributed by atoms with Gasteiger partial charge in [-0.2, -0.15) is 13.2 Å². The molecule has 0 atom stereocenters. The molecule has 1 aliphatic rings. The van der Waals surface area contributed by atoms with Crippen LogP contribution in [0.5, 0.6) is 0 Å². The molecule has 0 bridgehead atoms. The van der Waals surface area contributed by atoms with Gasteiger partial charge >= 0.3 is 6.18 Å². The van der Waals surface area contributed by atoms with Crippen molar-refractivity contribution in [3.05, 3.63) is 29.6 Å². The minimum atomic E-state index is -4.42. The van der Waals surface area contributed by atoms with Crippen LogP contribution in [-0.4, -0.2) is 53.9 Å².